The molecule has 0 bridgehead atoms. The first-order chi connectivity index (χ1) is 6.52. The van der Waals surface area contributed by atoms with Gasteiger partial charge in [-0.15, -0.1) is 0 Å². The summed E-state index contributed by atoms with van der Waals surface area (Å²) in [7, 11) is 0. The van der Waals surface area contributed by atoms with Crippen molar-refractivity contribution in [1.82, 2.24) is 5.32 Å². The number of hydrogen-bond donors (Lipinski definition) is 3. The van der Waals surface area contributed by atoms with E-state index in [-0.39, 0.29) is 18.4 Å². The lowest BCUT2D eigenvalue weighted by Gasteiger charge is -2.16. The summed E-state index contributed by atoms with van der Waals surface area (Å²) in [4.78, 5) is 22.0. The molecule has 0 saturated heterocycles. The van der Waals surface area contributed by atoms with Gasteiger partial charge in [-0.3, -0.25) is 4.79 Å². The minimum absolute atomic E-state index is 0.226. The third-order valence-corrected chi connectivity index (χ3v) is 1.99. The molecule has 0 aromatic heterocycles. The zero-order chi connectivity index (χ0) is 11.1. The number of amides is 1. The molecule has 0 fully saturated rings. The fraction of sp³-hybridized carbons (Fsp3) is 0.778. The van der Waals surface area contributed by atoms with Crippen molar-refractivity contribution in [3.63, 3.8) is 0 Å². The van der Waals surface area contributed by atoms with Gasteiger partial charge in [0, 0.05) is 12.5 Å². The van der Waals surface area contributed by atoms with Crippen molar-refractivity contribution in [2.75, 3.05) is 6.54 Å². The van der Waals surface area contributed by atoms with Gasteiger partial charge in [0.1, 0.15) is 6.04 Å². The van der Waals surface area contributed by atoms with Crippen LogP contribution in [0.1, 0.15) is 26.7 Å². The van der Waals surface area contributed by atoms with Crippen LogP contribution >= 0.6 is 0 Å². The molecule has 2 atom stereocenters. The molecule has 0 aromatic carbocycles. The topological polar surface area (TPSA) is 92.4 Å². The number of aliphatic carboxylic acids is 1. The third-order valence-electron chi connectivity index (χ3n) is 1.99. The Morgan fingerprint density at radius 3 is 2.43 bits per heavy atom. The summed E-state index contributed by atoms with van der Waals surface area (Å²) in [6.45, 7) is 3.76. The van der Waals surface area contributed by atoms with E-state index in [0.29, 0.717) is 12.8 Å². The first-order valence-corrected chi connectivity index (χ1v) is 4.76. The van der Waals surface area contributed by atoms with E-state index >= 15 is 0 Å². The van der Waals surface area contributed by atoms with Crippen LogP contribution in [0.3, 0.4) is 0 Å². The smallest absolute Gasteiger partial charge is 0.326 e. The summed E-state index contributed by atoms with van der Waals surface area (Å²) in [6.07, 6.45) is 1.16. The Morgan fingerprint density at radius 2 is 2.07 bits per heavy atom. The van der Waals surface area contributed by atoms with Gasteiger partial charge in [0.15, 0.2) is 0 Å². The van der Waals surface area contributed by atoms with Crippen LogP contribution in [-0.4, -0.2) is 29.6 Å². The maximum absolute atomic E-state index is 11.3. The molecular weight excluding hydrogens is 184 g/mol. The molecule has 0 rings (SSSR count). The second-order valence-electron chi connectivity index (χ2n) is 3.32. The van der Waals surface area contributed by atoms with Crippen molar-refractivity contribution >= 4 is 11.9 Å². The van der Waals surface area contributed by atoms with Gasteiger partial charge in [0.25, 0.3) is 0 Å². The predicted molar refractivity (Wildman–Crippen MR) is 52.7 cm³/mol. The van der Waals surface area contributed by atoms with Gasteiger partial charge in [0.2, 0.25) is 5.91 Å². The molecule has 0 aromatic rings. The SMILES string of the molecule is CCC[C@H](NC(=O)C(C)CN)C(=O)O. The molecule has 4 N–H and O–H groups in total. The van der Waals surface area contributed by atoms with Crippen molar-refractivity contribution in [3.05, 3.63) is 0 Å². The minimum atomic E-state index is -0.996. The Balaban J connectivity index is 4.15. The molecule has 0 aliphatic carbocycles. The van der Waals surface area contributed by atoms with Crippen molar-refractivity contribution < 1.29 is 14.7 Å². The number of carbonyl (C=O) groups is 2. The van der Waals surface area contributed by atoms with E-state index in [0.717, 1.165) is 0 Å². The van der Waals surface area contributed by atoms with Crippen molar-refractivity contribution in [2.24, 2.45) is 11.7 Å². The van der Waals surface area contributed by atoms with Gasteiger partial charge in [-0.05, 0) is 6.42 Å². The van der Waals surface area contributed by atoms with Crippen LogP contribution in [0.15, 0.2) is 0 Å². The lowest BCUT2D eigenvalue weighted by Crippen LogP contribution is -2.44. The lowest BCUT2D eigenvalue weighted by molar-refractivity contribution is -0.142. The summed E-state index contributed by atoms with van der Waals surface area (Å²) < 4.78 is 0. The van der Waals surface area contributed by atoms with Crippen LogP contribution in [0.25, 0.3) is 0 Å². The fourth-order valence-corrected chi connectivity index (χ4v) is 0.967. The van der Waals surface area contributed by atoms with E-state index in [1.54, 1.807) is 6.92 Å². The molecule has 0 aliphatic rings. The van der Waals surface area contributed by atoms with Crippen molar-refractivity contribution in [3.8, 4) is 0 Å². The maximum atomic E-state index is 11.3. The normalized spacial score (nSPS) is 14.5. The van der Waals surface area contributed by atoms with Crippen molar-refractivity contribution in [2.45, 2.75) is 32.7 Å². The summed E-state index contributed by atoms with van der Waals surface area (Å²) in [6, 6.07) is -0.790. The van der Waals surface area contributed by atoms with Gasteiger partial charge in [0.05, 0.1) is 0 Å². The van der Waals surface area contributed by atoms with Gasteiger partial charge < -0.3 is 16.2 Å². The van der Waals surface area contributed by atoms with E-state index in [4.69, 9.17) is 10.8 Å². The highest BCUT2D eigenvalue weighted by Gasteiger charge is 2.21. The molecule has 0 spiro atoms. The number of carboxylic acid groups (broad SMARTS) is 1. The number of nitrogens with one attached hydrogen (secondary N) is 1. The first kappa shape index (κ1) is 12.9. The summed E-state index contributed by atoms with van der Waals surface area (Å²) in [5.41, 5.74) is 5.29. The highest BCUT2D eigenvalue weighted by Crippen LogP contribution is 1.99. The van der Waals surface area contributed by atoms with Crippen molar-refractivity contribution in [1.29, 1.82) is 0 Å². The van der Waals surface area contributed by atoms with Gasteiger partial charge in [-0.2, -0.15) is 0 Å². The number of hydrogen-bond acceptors (Lipinski definition) is 3. The van der Waals surface area contributed by atoms with Gasteiger partial charge in [-0.1, -0.05) is 20.3 Å². The Morgan fingerprint density at radius 1 is 1.50 bits per heavy atom. The molecule has 5 nitrogen and oxygen atoms in total. The Hall–Kier alpha value is -1.10. The minimum Gasteiger partial charge on any atom is -0.480 e. The molecule has 14 heavy (non-hydrogen) atoms. The van der Waals surface area contributed by atoms with Gasteiger partial charge >= 0.3 is 5.97 Å². The second-order valence-corrected chi connectivity index (χ2v) is 3.32. The Labute approximate surface area is 83.7 Å². The average Bonchev–Trinajstić information content (AvgIpc) is 2.15. The summed E-state index contributed by atoms with van der Waals surface area (Å²) in [5, 5.41) is 11.2. The van der Waals surface area contributed by atoms with Crippen LogP contribution in [0, 0.1) is 5.92 Å². The molecule has 0 aliphatic heterocycles. The predicted octanol–water partition coefficient (Wildman–Crippen LogP) is -0.0493. The molecule has 1 amide bonds. The standard InChI is InChI=1S/C9H18N2O3/c1-3-4-7(9(13)14)11-8(12)6(2)5-10/h6-7H,3-5,10H2,1-2H3,(H,11,12)(H,13,14)/t6?,7-/m0/s1. The monoisotopic (exact) mass is 202 g/mol. The zero-order valence-electron chi connectivity index (χ0n) is 8.62. The second kappa shape index (κ2) is 6.37. The van der Waals surface area contributed by atoms with Crippen LogP contribution in [0.4, 0.5) is 0 Å². The van der Waals surface area contributed by atoms with E-state index < -0.39 is 12.0 Å². The fourth-order valence-electron chi connectivity index (χ4n) is 0.967. The average molecular weight is 202 g/mol. The van der Waals surface area contributed by atoms with E-state index in [9.17, 15) is 9.59 Å². The summed E-state index contributed by atoms with van der Waals surface area (Å²) in [5.74, 6) is -1.63. The molecule has 82 valence electrons. The lowest BCUT2D eigenvalue weighted by atomic mass is 10.1. The largest absolute Gasteiger partial charge is 0.480 e. The summed E-state index contributed by atoms with van der Waals surface area (Å²) >= 11 is 0. The highest BCUT2D eigenvalue weighted by atomic mass is 16.4. The van der Waals surface area contributed by atoms with E-state index in [1.807, 2.05) is 6.92 Å². The zero-order valence-corrected chi connectivity index (χ0v) is 8.62. The van der Waals surface area contributed by atoms with Gasteiger partial charge in [-0.25, -0.2) is 4.79 Å². The molecule has 1 unspecified atom stereocenters. The molecule has 5 heteroatoms. The highest BCUT2D eigenvalue weighted by molar-refractivity contribution is 5.84. The number of carbonyl (C=O) groups excluding carboxylic acids is 1. The Bertz CT molecular complexity index is 206. The molecule has 0 heterocycles. The molecular formula is C9H18N2O3. The van der Waals surface area contributed by atoms with Crippen LogP contribution in [0.5, 0.6) is 0 Å². The van der Waals surface area contributed by atoms with E-state index in [2.05, 4.69) is 5.32 Å². The van der Waals surface area contributed by atoms with Crippen LogP contribution in [-0.2, 0) is 9.59 Å². The molecule has 0 saturated carbocycles. The number of carboxylic acids is 1. The Kier molecular flexibility index (Phi) is 5.87. The third kappa shape index (κ3) is 4.23. The van der Waals surface area contributed by atoms with E-state index in [1.165, 1.54) is 0 Å². The van der Waals surface area contributed by atoms with Crippen LogP contribution < -0.4 is 11.1 Å². The number of rotatable bonds is 6. The number of nitrogens with two attached hydrogens (primary N) is 1. The first-order valence-electron chi connectivity index (χ1n) is 4.76. The quantitative estimate of drug-likeness (QED) is 0.563. The van der Waals surface area contributed by atoms with Crippen LogP contribution in [0.2, 0.25) is 0 Å². The maximum Gasteiger partial charge on any atom is 0.326 e. The molecule has 0 radical (unpaired) electrons.